The molecule has 0 aliphatic carbocycles. The summed E-state index contributed by atoms with van der Waals surface area (Å²) in [5.41, 5.74) is 1.65. The minimum Gasteiger partial charge on any atom is -0.365 e. The molecular weight excluding hydrogens is 227 g/mol. The zero-order valence-electron chi connectivity index (χ0n) is 11.7. The first-order chi connectivity index (χ1) is 8.52. The molecule has 0 aromatic heterocycles. The van der Waals surface area contributed by atoms with Gasteiger partial charge in [0.05, 0.1) is 0 Å². The van der Waals surface area contributed by atoms with Gasteiger partial charge in [-0.1, -0.05) is 12.1 Å². The Bertz CT molecular complexity index is 401. The van der Waals surface area contributed by atoms with Crippen molar-refractivity contribution in [1.29, 1.82) is 0 Å². The molecule has 0 saturated heterocycles. The molecule has 0 heterocycles. The lowest BCUT2D eigenvalue weighted by atomic mass is 10.0. The summed E-state index contributed by atoms with van der Waals surface area (Å²) in [6, 6.07) is 5.52. The van der Waals surface area contributed by atoms with Crippen LogP contribution in [-0.4, -0.2) is 19.6 Å². The van der Waals surface area contributed by atoms with Crippen LogP contribution in [0.15, 0.2) is 30.9 Å². The summed E-state index contributed by atoms with van der Waals surface area (Å²) in [5.74, 6) is -0.163. The average molecular weight is 250 g/mol. The van der Waals surface area contributed by atoms with E-state index < -0.39 is 0 Å². The largest absolute Gasteiger partial charge is 0.365 e. The Kier molecular flexibility index (Phi) is 5.35. The van der Waals surface area contributed by atoms with Gasteiger partial charge in [-0.05, 0) is 40.0 Å². The van der Waals surface area contributed by atoms with Crippen LogP contribution >= 0.6 is 0 Å². The van der Waals surface area contributed by atoms with E-state index in [-0.39, 0.29) is 11.9 Å². The van der Waals surface area contributed by atoms with E-state index >= 15 is 0 Å². The van der Waals surface area contributed by atoms with Crippen LogP contribution in [0.4, 0.5) is 10.1 Å². The van der Waals surface area contributed by atoms with Gasteiger partial charge in [-0.25, -0.2) is 4.39 Å². The predicted octanol–water partition coefficient (Wildman–Crippen LogP) is 3.51. The molecule has 2 nitrogen and oxygen atoms in total. The summed E-state index contributed by atoms with van der Waals surface area (Å²) in [6.45, 7) is 10.7. The first kappa shape index (κ1) is 14.7. The molecule has 18 heavy (non-hydrogen) atoms. The molecule has 1 N–H and O–H groups in total. The maximum atomic E-state index is 14.1. The van der Waals surface area contributed by atoms with Crippen LogP contribution in [0.5, 0.6) is 0 Å². The molecule has 1 atom stereocenters. The highest BCUT2D eigenvalue weighted by Gasteiger charge is 2.19. The lowest BCUT2D eigenvalue weighted by Crippen LogP contribution is -2.33. The van der Waals surface area contributed by atoms with Gasteiger partial charge in [0.2, 0.25) is 0 Å². The molecule has 0 spiro atoms. The molecule has 0 aliphatic heterocycles. The van der Waals surface area contributed by atoms with Gasteiger partial charge in [-0.3, -0.25) is 0 Å². The molecule has 1 rings (SSSR count). The maximum absolute atomic E-state index is 14.1. The second kappa shape index (κ2) is 6.55. The molecule has 1 aromatic carbocycles. The zero-order chi connectivity index (χ0) is 13.7. The van der Waals surface area contributed by atoms with Crippen LogP contribution in [-0.2, 0) is 0 Å². The highest BCUT2D eigenvalue weighted by atomic mass is 19.1. The molecule has 0 fully saturated rings. The Balaban J connectivity index is 3.28. The molecule has 100 valence electrons. The van der Waals surface area contributed by atoms with E-state index in [1.165, 1.54) is 6.07 Å². The first-order valence-corrected chi connectivity index (χ1v) is 6.36. The van der Waals surface area contributed by atoms with Crippen molar-refractivity contribution in [3.05, 3.63) is 42.2 Å². The summed E-state index contributed by atoms with van der Waals surface area (Å²) < 4.78 is 14.1. The van der Waals surface area contributed by atoms with Crippen LogP contribution < -0.4 is 10.2 Å². The van der Waals surface area contributed by atoms with Crippen molar-refractivity contribution >= 4 is 5.69 Å². The fourth-order valence-electron chi connectivity index (χ4n) is 2.08. The summed E-state index contributed by atoms with van der Waals surface area (Å²) in [4.78, 5) is 2.15. The third-order valence-corrected chi connectivity index (χ3v) is 3.15. The Morgan fingerprint density at radius 3 is 2.56 bits per heavy atom. The molecule has 0 radical (unpaired) electrons. The Morgan fingerprint density at radius 1 is 1.39 bits per heavy atom. The topological polar surface area (TPSA) is 15.3 Å². The number of nitrogens with zero attached hydrogens (tertiary/aromatic N) is 1. The highest BCUT2D eigenvalue weighted by molar-refractivity contribution is 5.56. The number of nitrogens with one attached hydrogen (secondary N) is 1. The van der Waals surface area contributed by atoms with Gasteiger partial charge in [-0.15, -0.1) is 6.58 Å². The van der Waals surface area contributed by atoms with E-state index in [0.29, 0.717) is 12.6 Å². The number of halogens is 1. The quantitative estimate of drug-likeness (QED) is 0.777. The van der Waals surface area contributed by atoms with Gasteiger partial charge in [0, 0.05) is 29.9 Å². The number of benzene rings is 1. The Hall–Kier alpha value is -1.35. The molecule has 0 amide bonds. The van der Waals surface area contributed by atoms with Crippen LogP contribution in [0.1, 0.15) is 32.4 Å². The minimum atomic E-state index is -0.163. The third-order valence-electron chi connectivity index (χ3n) is 3.15. The number of hydrogen-bond acceptors (Lipinski definition) is 2. The van der Waals surface area contributed by atoms with E-state index in [2.05, 4.69) is 30.6 Å². The average Bonchev–Trinajstić information content (AvgIpc) is 2.34. The van der Waals surface area contributed by atoms with Crippen molar-refractivity contribution < 1.29 is 4.39 Å². The first-order valence-electron chi connectivity index (χ1n) is 6.36. The standard InChI is InChI=1S/C15H23FN2/c1-6-10-18(11(2)3)14-9-7-8-13(16)15(14)12(4)17-5/h6-9,11-12,17H,1,10H2,2-5H3. The van der Waals surface area contributed by atoms with Crippen LogP contribution in [0, 0.1) is 5.82 Å². The second-order valence-corrected chi connectivity index (χ2v) is 4.72. The molecule has 0 aliphatic rings. The molecule has 3 heteroatoms. The summed E-state index contributed by atoms with van der Waals surface area (Å²) in [6.07, 6.45) is 1.85. The third kappa shape index (κ3) is 3.10. The smallest absolute Gasteiger partial charge is 0.130 e. The van der Waals surface area contributed by atoms with Gasteiger partial charge in [0.15, 0.2) is 0 Å². The molecule has 1 aromatic rings. The zero-order valence-corrected chi connectivity index (χ0v) is 11.7. The van der Waals surface area contributed by atoms with Crippen molar-refractivity contribution in [3.8, 4) is 0 Å². The molecular formula is C15H23FN2. The fourth-order valence-corrected chi connectivity index (χ4v) is 2.08. The van der Waals surface area contributed by atoms with Gasteiger partial charge >= 0.3 is 0 Å². The normalized spacial score (nSPS) is 12.6. The van der Waals surface area contributed by atoms with Gasteiger partial charge in [0.25, 0.3) is 0 Å². The van der Waals surface area contributed by atoms with Crippen LogP contribution in [0.25, 0.3) is 0 Å². The van der Waals surface area contributed by atoms with E-state index in [1.54, 1.807) is 6.07 Å². The SMILES string of the molecule is C=CCN(c1cccc(F)c1C(C)NC)C(C)C. The van der Waals surface area contributed by atoms with Crippen molar-refractivity contribution in [2.75, 3.05) is 18.5 Å². The minimum absolute atomic E-state index is 0.0211. The number of anilines is 1. The van der Waals surface area contributed by atoms with E-state index in [0.717, 1.165) is 11.3 Å². The molecule has 0 saturated carbocycles. The van der Waals surface area contributed by atoms with Crippen molar-refractivity contribution in [2.45, 2.75) is 32.9 Å². The van der Waals surface area contributed by atoms with Gasteiger partial charge in [-0.2, -0.15) is 0 Å². The Labute approximate surface area is 110 Å². The van der Waals surface area contributed by atoms with Crippen molar-refractivity contribution in [1.82, 2.24) is 5.32 Å². The maximum Gasteiger partial charge on any atom is 0.130 e. The van der Waals surface area contributed by atoms with E-state index in [4.69, 9.17) is 0 Å². The lowest BCUT2D eigenvalue weighted by Gasteiger charge is -2.31. The predicted molar refractivity (Wildman–Crippen MR) is 76.6 cm³/mol. The van der Waals surface area contributed by atoms with Crippen molar-refractivity contribution in [2.24, 2.45) is 0 Å². The van der Waals surface area contributed by atoms with Crippen LogP contribution in [0.2, 0.25) is 0 Å². The summed E-state index contributed by atoms with van der Waals surface area (Å²) in [5, 5.41) is 3.11. The van der Waals surface area contributed by atoms with Gasteiger partial charge in [0.1, 0.15) is 5.82 Å². The van der Waals surface area contributed by atoms with E-state index in [1.807, 2.05) is 26.1 Å². The molecule has 0 bridgehead atoms. The number of hydrogen-bond donors (Lipinski definition) is 1. The van der Waals surface area contributed by atoms with E-state index in [9.17, 15) is 4.39 Å². The van der Waals surface area contributed by atoms with Crippen LogP contribution in [0.3, 0.4) is 0 Å². The summed E-state index contributed by atoms with van der Waals surface area (Å²) >= 11 is 0. The Morgan fingerprint density at radius 2 is 2.06 bits per heavy atom. The lowest BCUT2D eigenvalue weighted by molar-refractivity contribution is 0.557. The van der Waals surface area contributed by atoms with Crippen molar-refractivity contribution in [3.63, 3.8) is 0 Å². The number of rotatable bonds is 6. The second-order valence-electron chi connectivity index (χ2n) is 4.72. The molecule has 1 unspecified atom stereocenters. The monoisotopic (exact) mass is 250 g/mol. The fraction of sp³-hybridized carbons (Fsp3) is 0.467. The summed E-state index contributed by atoms with van der Waals surface area (Å²) in [7, 11) is 1.84. The highest BCUT2D eigenvalue weighted by Crippen LogP contribution is 2.30. The van der Waals surface area contributed by atoms with Gasteiger partial charge < -0.3 is 10.2 Å².